The van der Waals surface area contributed by atoms with Gasteiger partial charge in [0.05, 0.1) is 12.7 Å². The Morgan fingerprint density at radius 2 is 2.35 bits per heavy atom. The predicted octanol–water partition coefficient (Wildman–Crippen LogP) is 0.640. The molecule has 1 aliphatic rings. The Morgan fingerprint density at radius 3 is 3.00 bits per heavy atom. The van der Waals surface area contributed by atoms with E-state index in [1.54, 1.807) is 0 Å². The third-order valence-electron chi connectivity index (χ3n) is 2.77. The van der Waals surface area contributed by atoms with E-state index in [2.05, 4.69) is 15.3 Å². The summed E-state index contributed by atoms with van der Waals surface area (Å²) in [5.74, 6) is 1.32. The molecular weight excluding hydrogens is 220 g/mol. The Hall–Kier alpha value is -1.56. The lowest BCUT2D eigenvalue weighted by Crippen LogP contribution is -2.22. The smallest absolute Gasteiger partial charge is 0.242 e. The van der Waals surface area contributed by atoms with Crippen LogP contribution in [-0.2, 0) is 0 Å². The van der Waals surface area contributed by atoms with Crippen LogP contribution in [0.15, 0.2) is 6.33 Å². The second-order valence-electron chi connectivity index (χ2n) is 4.16. The average Bonchev–Trinajstić information content (AvgIpc) is 3.14. The molecule has 1 unspecified atom stereocenters. The first-order valence-corrected chi connectivity index (χ1v) is 5.87. The quantitative estimate of drug-likeness (QED) is 0.673. The van der Waals surface area contributed by atoms with Crippen molar-refractivity contribution in [2.24, 2.45) is 5.92 Å². The van der Waals surface area contributed by atoms with Gasteiger partial charge in [-0.05, 0) is 25.7 Å². The number of nitrogens with zero attached hydrogens (tertiary/aromatic N) is 2. The number of ether oxygens (including phenoxy) is 1. The highest BCUT2D eigenvalue weighted by Gasteiger charge is 2.29. The molecule has 0 saturated heterocycles. The Labute approximate surface area is 100 Å². The van der Waals surface area contributed by atoms with Crippen molar-refractivity contribution in [3.05, 3.63) is 6.33 Å². The summed E-state index contributed by atoms with van der Waals surface area (Å²) in [5.41, 5.74) is 6.24. The molecule has 0 bridgehead atoms. The number of aromatic nitrogens is 2. The summed E-state index contributed by atoms with van der Waals surface area (Å²) in [6, 6.07) is 0. The SMILES string of the molecule is CCOc1ncnc(NCC(O)C2CC2)c1N. The summed E-state index contributed by atoms with van der Waals surface area (Å²) in [4.78, 5) is 7.98. The number of hydrogen-bond donors (Lipinski definition) is 3. The van der Waals surface area contributed by atoms with Crippen molar-refractivity contribution in [1.29, 1.82) is 0 Å². The van der Waals surface area contributed by atoms with Crippen molar-refractivity contribution >= 4 is 11.5 Å². The standard InChI is InChI=1S/C11H18N4O2/c1-2-17-11-9(12)10(14-6-15-11)13-5-8(16)7-3-4-7/h6-8,16H,2-5,12H2,1H3,(H,13,14,15). The lowest BCUT2D eigenvalue weighted by atomic mass is 10.2. The fourth-order valence-corrected chi connectivity index (χ4v) is 1.62. The van der Waals surface area contributed by atoms with Gasteiger partial charge in [-0.3, -0.25) is 0 Å². The van der Waals surface area contributed by atoms with E-state index in [0.717, 1.165) is 12.8 Å². The fraction of sp³-hybridized carbons (Fsp3) is 0.636. The van der Waals surface area contributed by atoms with Crippen LogP contribution in [0, 0.1) is 5.92 Å². The molecule has 1 fully saturated rings. The molecular formula is C11H18N4O2. The van der Waals surface area contributed by atoms with Crippen molar-refractivity contribution < 1.29 is 9.84 Å². The minimum atomic E-state index is -0.333. The van der Waals surface area contributed by atoms with Crippen molar-refractivity contribution in [1.82, 2.24) is 9.97 Å². The topological polar surface area (TPSA) is 93.3 Å². The number of anilines is 2. The van der Waals surface area contributed by atoms with Crippen LogP contribution in [0.2, 0.25) is 0 Å². The van der Waals surface area contributed by atoms with Gasteiger partial charge >= 0.3 is 0 Å². The molecule has 0 amide bonds. The zero-order valence-corrected chi connectivity index (χ0v) is 9.89. The maximum absolute atomic E-state index is 9.74. The van der Waals surface area contributed by atoms with Crippen LogP contribution in [0.3, 0.4) is 0 Å². The first-order chi connectivity index (χ1) is 8.22. The number of rotatable bonds is 6. The molecule has 0 spiro atoms. The minimum Gasteiger partial charge on any atom is -0.476 e. The van der Waals surface area contributed by atoms with Crippen molar-refractivity contribution in [3.63, 3.8) is 0 Å². The third-order valence-corrected chi connectivity index (χ3v) is 2.77. The van der Waals surface area contributed by atoms with E-state index in [-0.39, 0.29) is 6.10 Å². The highest BCUT2D eigenvalue weighted by atomic mass is 16.5. The average molecular weight is 238 g/mol. The summed E-state index contributed by atoms with van der Waals surface area (Å²) in [6.07, 6.45) is 3.27. The molecule has 1 aliphatic carbocycles. The van der Waals surface area contributed by atoms with Crippen LogP contribution in [0.5, 0.6) is 5.88 Å². The van der Waals surface area contributed by atoms with E-state index >= 15 is 0 Å². The molecule has 1 atom stereocenters. The van der Waals surface area contributed by atoms with E-state index in [1.165, 1.54) is 6.33 Å². The molecule has 1 saturated carbocycles. The molecule has 0 aliphatic heterocycles. The van der Waals surface area contributed by atoms with Gasteiger partial charge in [-0.25, -0.2) is 4.98 Å². The van der Waals surface area contributed by atoms with Crippen molar-refractivity contribution in [2.75, 3.05) is 24.2 Å². The van der Waals surface area contributed by atoms with Gasteiger partial charge in [0.25, 0.3) is 0 Å². The first kappa shape index (κ1) is 11.9. The van der Waals surface area contributed by atoms with Gasteiger partial charge in [0.1, 0.15) is 12.0 Å². The van der Waals surface area contributed by atoms with Gasteiger partial charge < -0.3 is 20.9 Å². The fourth-order valence-electron chi connectivity index (χ4n) is 1.62. The van der Waals surface area contributed by atoms with Gasteiger partial charge in [0, 0.05) is 6.54 Å². The second kappa shape index (κ2) is 5.18. The lowest BCUT2D eigenvalue weighted by Gasteiger charge is -2.13. The van der Waals surface area contributed by atoms with Gasteiger partial charge in [0.2, 0.25) is 5.88 Å². The third kappa shape index (κ3) is 2.97. The number of nitrogen functional groups attached to an aromatic ring is 1. The van der Waals surface area contributed by atoms with E-state index in [4.69, 9.17) is 10.5 Å². The zero-order chi connectivity index (χ0) is 12.3. The molecule has 2 rings (SSSR count). The maximum atomic E-state index is 9.74. The van der Waals surface area contributed by atoms with Crippen LogP contribution in [0.4, 0.5) is 11.5 Å². The Balaban J connectivity index is 1.96. The molecule has 6 nitrogen and oxygen atoms in total. The molecule has 0 aromatic carbocycles. The number of nitrogens with two attached hydrogens (primary N) is 1. The van der Waals surface area contributed by atoms with Gasteiger partial charge in [-0.2, -0.15) is 4.98 Å². The van der Waals surface area contributed by atoms with Crippen LogP contribution in [-0.4, -0.2) is 34.3 Å². The largest absolute Gasteiger partial charge is 0.476 e. The highest BCUT2D eigenvalue weighted by molar-refractivity contribution is 5.66. The normalized spacial score (nSPS) is 16.6. The van der Waals surface area contributed by atoms with Gasteiger partial charge in [-0.15, -0.1) is 0 Å². The van der Waals surface area contributed by atoms with Crippen LogP contribution in [0.25, 0.3) is 0 Å². The van der Waals surface area contributed by atoms with E-state index in [1.807, 2.05) is 6.92 Å². The second-order valence-corrected chi connectivity index (χ2v) is 4.16. The summed E-state index contributed by atoms with van der Waals surface area (Å²) < 4.78 is 5.27. The van der Waals surface area contributed by atoms with Crippen LogP contribution >= 0.6 is 0 Å². The van der Waals surface area contributed by atoms with Gasteiger partial charge in [-0.1, -0.05) is 0 Å². The first-order valence-electron chi connectivity index (χ1n) is 5.87. The van der Waals surface area contributed by atoms with E-state index in [9.17, 15) is 5.11 Å². The highest BCUT2D eigenvalue weighted by Crippen LogP contribution is 2.33. The molecule has 1 aromatic rings. The predicted molar refractivity (Wildman–Crippen MR) is 64.8 cm³/mol. The molecule has 0 radical (unpaired) electrons. The van der Waals surface area contributed by atoms with E-state index < -0.39 is 0 Å². The Bertz CT molecular complexity index is 382. The Morgan fingerprint density at radius 1 is 1.59 bits per heavy atom. The number of aliphatic hydroxyl groups excluding tert-OH is 1. The number of nitrogens with one attached hydrogen (secondary N) is 1. The summed E-state index contributed by atoms with van der Waals surface area (Å²) in [6.45, 7) is 2.83. The zero-order valence-electron chi connectivity index (χ0n) is 9.89. The minimum absolute atomic E-state index is 0.333. The summed E-state index contributed by atoms with van der Waals surface area (Å²) in [7, 11) is 0. The maximum Gasteiger partial charge on any atom is 0.242 e. The van der Waals surface area contributed by atoms with E-state index in [0.29, 0.717) is 36.5 Å². The molecule has 1 aromatic heterocycles. The summed E-state index contributed by atoms with van der Waals surface area (Å²) in [5, 5.41) is 12.8. The number of hydrogen-bond acceptors (Lipinski definition) is 6. The van der Waals surface area contributed by atoms with Crippen LogP contribution in [0.1, 0.15) is 19.8 Å². The molecule has 94 valence electrons. The van der Waals surface area contributed by atoms with Crippen molar-refractivity contribution in [2.45, 2.75) is 25.9 Å². The molecule has 1 heterocycles. The Kier molecular flexibility index (Phi) is 3.63. The monoisotopic (exact) mass is 238 g/mol. The molecule has 4 N–H and O–H groups in total. The summed E-state index contributed by atoms with van der Waals surface area (Å²) >= 11 is 0. The van der Waals surface area contributed by atoms with Crippen molar-refractivity contribution in [3.8, 4) is 5.88 Å². The lowest BCUT2D eigenvalue weighted by molar-refractivity contribution is 0.164. The molecule has 6 heteroatoms. The van der Waals surface area contributed by atoms with Gasteiger partial charge in [0.15, 0.2) is 5.82 Å². The van der Waals surface area contributed by atoms with Crippen LogP contribution < -0.4 is 15.8 Å². The molecule has 17 heavy (non-hydrogen) atoms. The number of aliphatic hydroxyl groups is 1.